The lowest BCUT2D eigenvalue weighted by Gasteiger charge is -2.45. The summed E-state index contributed by atoms with van der Waals surface area (Å²) in [6.45, 7) is 6.08. The van der Waals surface area contributed by atoms with Gasteiger partial charge in [0.1, 0.15) is 0 Å². The van der Waals surface area contributed by atoms with Crippen LogP contribution in [-0.4, -0.2) is 27.6 Å². The summed E-state index contributed by atoms with van der Waals surface area (Å²) in [7, 11) is 0. The quantitative estimate of drug-likeness (QED) is 0.236. The van der Waals surface area contributed by atoms with Crippen molar-refractivity contribution in [1.82, 2.24) is 9.58 Å². The Kier molecular flexibility index (Phi) is 5.04. The van der Waals surface area contributed by atoms with Gasteiger partial charge in [0.25, 0.3) is 11.8 Å². The van der Waals surface area contributed by atoms with Crippen molar-refractivity contribution in [2.75, 3.05) is 0 Å². The number of hydrazone groups is 1. The standard InChI is InChI=1S/C32H26ClN3O2/c1-17-12-13-21(33)15-26(17)35-18(2)14-20(19(35)3)16-34-36-31(37)29-27-22-8-4-5-9-23(22)28(30(29)32(36)38)25-11-7-6-10-24(25)27/h4-16,27-30H,1-3H3/b34-16-/t27?,28?,29-,30+. The third-order valence-corrected chi connectivity index (χ3v) is 8.85. The number of benzene rings is 3. The maximum atomic E-state index is 13.8. The third-order valence-electron chi connectivity index (χ3n) is 8.62. The lowest BCUT2D eigenvalue weighted by atomic mass is 9.55. The number of aromatic nitrogens is 1. The Balaban J connectivity index is 1.27. The minimum absolute atomic E-state index is 0.134. The van der Waals surface area contributed by atoms with Crippen LogP contribution in [0.3, 0.4) is 0 Å². The van der Waals surface area contributed by atoms with Crippen LogP contribution < -0.4 is 0 Å². The molecule has 38 heavy (non-hydrogen) atoms. The fourth-order valence-electron chi connectivity index (χ4n) is 7.01. The second kappa shape index (κ2) is 8.27. The molecule has 0 spiro atoms. The van der Waals surface area contributed by atoms with Gasteiger partial charge in [-0.15, -0.1) is 0 Å². The number of carbonyl (C=O) groups excluding carboxylic acids is 2. The van der Waals surface area contributed by atoms with Crippen LogP contribution in [0.2, 0.25) is 5.02 Å². The SMILES string of the molecule is Cc1ccc(Cl)cc1-n1c(C)cc(/C=N\N2C(=O)[C@@H]3C4c5ccccc5C(c5ccccc54)[C@@H]3C2=O)c1C. The Morgan fingerprint density at radius 1 is 0.763 bits per heavy atom. The molecule has 0 saturated carbocycles. The minimum Gasteiger partial charge on any atom is -0.318 e. The molecule has 5 nitrogen and oxygen atoms in total. The van der Waals surface area contributed by atoms with Crippen LogP contribution in [0.4, 0.5) is 0 Å². The van der Waals surface area contributed by atoms with Gasteiger partial charge in [-0.2, -0.15) is 10.1 Å². The van der Waals surface area contributed by atoms with Gasteiger partial charge in [-0.05, 0) is 66.8 Å². The number of amides is 2. The van der Waals surface area contributed by atoms with Gasteiger partial charge < -0.3 is 4.57 Å². The second-order valence-corrected chi connectivity index (χ2v) is 11.0. The summed E-state index contributed by atoms with van der Waals surface area (Å²) in [6, 6.07) is 24.3. The Bertz CT molecular complexity index is 1590. The maximum Gasteiger partial charge on any atom is 0.254 e. The van der Waals surface area contributed by atoms with Gasteiger partial charge in [0.15, 0.2) is 0 Å². The number of halogens is 1. The summed E-state index contributed by atoms with van der Waals surface area (Å²) in [5.41, 5.74) is 9.57. The first-order valence-corrected chi connectivity index (χ1v) is 13.3. The van der Waals surface area contributed by atoms with Gasteiger partial charge in [-0.25, -0.2) is 0 Å². The first-order chi connectivity index (χ1) is 18.4. The zero-order chi connectivity index (χ0) is 26.3. The smallest absolute Gasteiger partial charge is 0.254 e. The van der Waals surface area contributed by atoms with Crippen LogP contribution in [0.5, 0.6) is 0 Å². The fraction of sp³-hybridized carbons (Fsp3) is 0.219. The normalized spacial score (nSPS) is 23.2. The summed E-state index contributed by atoms with van der Waals surface area (Å²) in [5.74, 6) is -1.56. The molecule has 188 valence electrons. The van der Waals surface area contributed by atoms with E-state index in [0.717, 1.165) is 55.5 Å². The number of rotatable bonds is 3. The van der Waals surface area contributed by atoms with Crippen molar-refractivity contribution in [3.8, 4) is 5.69 Å². The van der Waals surface area contributed by atoms with E-state index in [1.54, 1.807) is 6.21 Å². The lowest BCUT2D eigenvalue weighted by molar-refractivity contribution is -0.139. The summed E-state index contributed by atoms with van der Waals surface area (Å²) in [4.78, 5) is 27.6. The van der Waals surface area contributed by atoms with Crippen molar-refractivity contribution < 1.29 is 9.59 Å². The van der Waals surface area contributed by atoms with Gasteiger partial charge >= 0.3 is 0 Å². The highest BCUT2D eigenvalue weighted by Gasteiger charge is 2.61. The first kappa shape index (κ1) is 23.2. The zero-order valence-electron chi connectivity index (χ0n) is 21.4. The molecule has 2 atom stereocenters. The predicted octanol–water partition coefficient (Wildman–Crippen LogP) is 6.28. The third kappa shape index (κ3) is 3.08. The van der Waals surface area contributed by atoms with Crippen LogP contribution in [0.25, 0.3) is 5.69 Å². The number of aryl methyl sites for hydroxylation is 2. The molecule has 3 aliphatic carbocycles. The van der Waals surface area contributed by atoms with E-state index in [-0.39, 0.29) is 23.7 Å². The van der Waals surface area contributed by atoms with E-state index in [9.17, 15) is 9.59 Å². The number of hydrogen-bond donors (Lipinski definition) is 0. The van der Waals surface area contributed by atoms with Gasteiger partial charge in [-0.3, -0.25) is 9.59 Å². The van der Waals surface area contributed by atoms with E-state index in [4.69, 9.17) is 11.6 Å². The monoisotopic (exact) mass is 519 g/mol. The molecule has 2 bridgehead atoms. The molecule has 4 aromatic rings. The average molecular weight is 520 g/mol. The zero-order valence-corrected chi connectivity index (χ0v) is 22.1. The molecule has 2 amide bonds. The Morgan fingerprint density at radius 3 is 1.82 bits per heavy atom. The van der Waals surface area contributed by atoms with Crippen molar-refractivity contribution in [2.24, 2.45) is 16.9 Å². The molecule has 0 radical (unpaired) electrons. The molecule has 0 N–H and O–H groups in total. The van der Waals surface area contributed by atoms with E-state index in [1.165, 1.54) is 0 Å². The van der Waals surface area contributed by atoms with Crippen molar-refractivity contribution >= 4 is 29.6 Å². The van der Waals surface area contributed by atoms with E-state index >= 15 is 0 Å². The summed E-state index contributed by atoms with van der Waals surface area (Å²) in [5, 5.41) is 6.32. The Hall–Kier alpha value is -3.96. The number of hydrogen-bond acceptors (Lipinski definition) is 3. The van der Waals surface area contributed by atoms with Crippen LogP contribution in [0.1, 0.15) is 56.6 Å². The molecule has 1 aromatic heterocycles. The number of carbonyl (C=O) groups is 2. The molecule has 6 heteroatoms. The van der Waals surface area contributed by atoms with Gasteiger partial charge in [0, 0.05) is 39.5 Å². The molecular formula is C32H26ClN3O2. The topological polar surface area (TPSA) is 54.7 Å². The van der Waals surface area contributed by atoms with Crippen LogP contribution in [0.15, 0.2) is 77.9 Å². The van der Waals surface area contributed by atoms with E-state index < -0.39 is 11.8 Å². The van der Waals surface area contributed by atoms with Crippen molar-refractivity contribution in [2.45, 2.75) is 32.6 Å². The van der Waals surface area contributed by atoms with E-state index in [1.807, 2.05) is 69.3 Å². The van der Waals surface area contributed by atoms with Crippen LogP contribution in [0, 0.1) is 32.6 Å². The van der Waals surface area contributed by atoms with Gasteiger partial charge in [0.2, 0.25) is 0 Å². The van der Waals surface area contributed by atoms with Gasteiger partial charge in [0.05, 0.1) is 18.1 Å². The highest BCUT2D eigenvalue weighted by Crippen LogP contribution is 2.60. The van der Waals surface area contributed by atoms with Crippen molar-refractivity contribution in [1.29, 1.82) is 0 Å². The molecular weight excluding hydrogens is 494 g/mol. The fourth-order valence-corrected chi connectivity index (χ4v) is 7.17. The van der Waals surface area contributed by atoms with Crippen LogP contribution in [-0.2, 0) is 9.59 Å². The summed E-state index contributed by atoms with van der Waals surface area (Å²) < 4.78 is 2.13. The average Bonchev–Trinajstić information content (AvgIpc) is 3.35. The number of nitrogens with zero attached hydrogens (tertiary/aromatic N) is 3. The van der Waals surface area contributed by atoms with Gasteiger partial charge in [-0.1, -0.05) is 66.2 Å². The molecule has 1 aliphatic heterocycles. The first-order valence-electron chi connectivity index (χ1n) is 12.9. The molecule has 8 rings (SSSR count). The molecule has 4 aliphatic rings. The molecule has 3 aromatic carbocycles. The number of imide groups is 1. The minimum atomic E-state index is -0.434. The predicted molar refractivity (Wildman–Crippen MR) is 148 cm³/mol. The summed E-state index contributed by atoms with van der Waals surface area (Å²) in [6.07, 6.45) is 1.65. The molecule has 1 fully saturated rings. The Morgan fingerprint density at radius 2 is 1.29 bits per heavy atom. The van der Waals surface area contributed by atoms with Crippen LogP contribution >= 0.6 is 11.6 Å². The van der Waals surface area contributed by atoms with E-state index in [2.05, 4.69) is 33.9 Å². The second-order valence-electron chi connectivity index (χ2n) is 10.6. The van der Waals surface area contributed by atoms with Crippen molar-refractivity contribution in [3.63, 3.8) is 0 Å². The highest BCUT2D eigenvalue weighted by molar-refractivity contribution is 6.30. The molecule has 0 unspecified atom stereocenters. The molecule has 2 heterocycles. The lowest BCUT2D eigenvalue weighted by Crippen LogP contribution is -2.41. The maximum absolute atomic E-state index is 13.8. The largest absolute Gasteiger partial charge is 0.318 e. The Labute approximate surface area is 226 Å². The van der Waals surface area contributed by atoms with Crippen molar-refractivity contribution in [3.05, 3.63) is 123 Å². The molecule has 1 saturated heterocycles. The highest BCUT2D eigenvalue weighted by atomic mass is 35.5. The van der Waals surface area contributed by atoms with E-state index in [0.29, 0.717) is 5.02 Å². The summed E-state index contributed by atoms with van der Waals surface area (Å²) >= 11 is 6.29.